The van der Waals surface area contributed by atoms with Crippen LogP contribution in [0.4, 0.5) is 5.69 Å². The van der Waals surface area contributed by atoms with Gasteiger partial charge in [0.15, 0.2) is 0 Å². The normalized spacial score (nSPS) is 10.8. The van der Waals surface area contributed by atoms with E-state index in [-0.39, 0.29) is 5.91 Å². The molecule has 2 aromatic carbocycles. The fourth-order valence-corrected chi connectivity index (χ4v) is 2.55. The molecule has 0 aliphatic carbocycles. The lowest BCUT2D eigenvalue weighted by Gasteiger charge is -2.05. The van der Waals surface area contributed by atoms with Gasteiger partial charge in [-0.2, -0.15) is 5.10 Å². The Hall–Kier alpha value is -3.34. The molecular formula is C18H14N4O. The number of carbonyl (C=O) groups is 1. The summed E-state index contributed by atoms with van der Waals surface area (Å²) in [6.45, 7) is 0. The predicted octanol–water partition coefficient (Wildman–Crippen LogP) is 3.81. The Morgan fingerprint density at radius 3 is 2.70 bits per heavy atom. The minimum Gasteiger partial charge on any atom is -0.354 e. The van der Waals surface area contributed by atoms with Crippen LogP contribution in [0.2, 0.25) is 0 Å². The number of benzene rings is 2. The Kier molecular flexibility index (Phi) is 3.16. The standard InChI is InChI=1S/C18H14N4O/c23-18(12-4-2-1-3-5-12)21-15-7-6-13-8-16(22-17(13)9-15)14-10-19-20-11-14/h1-11,22H,(H,19,20)(H,21,23). The van der Waals surface area contributed by atoms with Gasteiger partial charge in [0, 0.05) is 39.6 Å². The highest BCUT2D eigenvalue weighted by Crippen LogP contribution is 2.25. The van der Waals surface area contributed by atoms with Crippen molar-refractivity contribution >= 4 is 22.5 Å². The van der Waals surface area contributed by atoms with Crippen molar-refractivity contribution in [2.75, 3.05) is 5.32 Å². The summed E-state index contributed by atoms with van der Waals surface area (Å²) in [5, 5.41) is 10.8. The van der Waals surface area contributed by atoms with Crippen molar-refractivity contribution in [1.29, 1.82) is 0 Å². The molecule has 2 heterocycles. The first kappa shape index (κ1) is 13.3. The van der Waals surface area contributed by atoms with Crippen molar-refractivity contribution in [2.45, 2.75) is 0 Å². The summed E-state index contributed by atoms with van der Waals surface area (Å²) < 4.78 is 0. The second-order valence-corrected chi connectivity index (χ2v) is 5.29. The highest BCUT2D eigenvalue weighted by Gasteiger charge is 2.08. The first-order valence-electron chi connectivity index (χ1n) is 7.28. The Balaban J connectivity index is 1.63. The smallest absolute Gasteiger partial charge is 0.255 e. The van der Waals surface area contributed by atoms with Crippen LogP contribution >= 0.6 is 0 Å². The molecule has 0 unspecified atom stereocenters. The zero-order chi connectivity index (χ0) is 15.6. The number of nitrogens with zero attached hydrogens (tertiary/aromatic N) is 1. The van der Waals surface area contributed by atoms with Crippen molar-refractivity contribution < 1.29 is 4.79 Å². The quantitative estimate of drug-likeness (QED) is 0.538. The summed E-state index contributed by atoms with van der Waals surface area (Å²) in [7, 11) is 0. The number of anilines is 1. The average Bonchev–Trinajstić information content (AvgIpc) is 3.24. The molecule has 2 aromatic heterocycles. The van der Waals surface area contributed by atoms with Crippen molar-refractivity contribution in [3.8, 4) is 11.3 Å². The predicted molar refractivity (Wildman–Crippen MR) is 90.3 cm³/mol. The van der Waals surface area contributed by atoms with Crippen LogP contribution in [0.5, 0.6) is 0 Å². The third kappa shape index (κ3) is 2.60. The molecule has 0 atom stereocenters. The minimum atomic E-state index is -0.119. The van der Waals surface area contributed by atoms with Crippen LogP contribution in [0.25, 0.3) is 22.2 Å². The van der Waals surface area contributed by atoms with Gasteiger partial charge in [0.05, 0.1) is 6.20 Å². The molecule has 112 valence electrons. The summed E-state index contributed by atoms with van der Waals surface area (Å²) in [6, 6.07) is 17.0. The van der Waals surface area contributed by atoms with E-state index < -0.39 is 0 Å². The molecule has 4 aromatic rings. The second kappa shape index (κ2) is 5.46. The maximum atomic E-state index is 12.2. The lowest BCUT2D eigenvalue weighted by molar-refractivity contribution is 0.102. The van der Waals surface area contributed by atoms with Crippen LogP contribution in [0.1, 0.15) is 10.4 Å². The van der Waals surface area contributed by atoms with Crippen molar-refractivity contribution in [3.05, 3.63) is 72.6 Å². The molecule has 5 nitrogen and oxygen atoms in total. The molecule has 0 saturated heterocycles. The molecule has 4 rings (SSSR count). The highest BCUT2D eigenvalue weighted by atomic mass is 16.1. The summed E-state index contributed by atoms with van der Waals surface area (Å²) in [5.41, 5.74) is 4.34. The van der Waals surface area contributed by atoms with Crippen molar-refractivity contribution in [3.63, 3.8) is 0 Å². The number of fused-ring (bicyclic) bond motifs is 1. The number of aromatic nitrogens is 3. The highest BCUT2D eigenvalue weighted by molar-refractivity contribution is 6.05. The van der Waals surface area contributed by atoms with Crippen molar-refractivity contribution in [1.82, 2.24) is 15.2 Å². The topological polar surface area (TPSA) is 73.6 Å². The van der Waals surface area contributed by atoms with Crippen LogP contribution in [0.3, 0.4) is 0 Å². The molecule has 5 heteroatoms. The third-order valence-corrected chi connectivity index (χ3v) is 3.73. The molecule has 0 saturated carbocycles. The van der Waals surface area contributed by atoms with Gasteiger partial charge in [-0.05, 0) is 30.3 Å². The minimum absolute atomic E-state index is 0.119. The van der Waals surface area contributed by atoms with Gasteiger partial charge in [-0.15, -0.1) is 0 Å². The molecule has 0 spiro atoms. The Morgan fingerprint density at radius 2 is 1.91 bits per heavy atom. The van der Waals surface area contributed by atoms with E-state index in [1.807, 2.05) is 42.6 Å². The molecule has 3 N–H and O–H groups in total. The van der Waals surface area contributed by atoms with Crippen LogP contribution in [0.15, 0.2) is 67.0 Å². The van der Waals surface area contributed by atoms with E-state index in [4.69, 9.17) is 0 Å². The molecule has 0 fully saturated rings. The van der Waals surface area contributed by atoms with E-state index in [9.17, 15) is 4.79 Å². The number of hydrogen-bond acceptors (Lipinski definition) is 2. The van der Waals surface area contributed by atoms with Crippen LogP contribution in [-0.4, -0.2) is 21.1 Å². The molecule has 1 amide bonds. The van der Waals surface area contributed by atoms with Crippen LogP contribution < -0.4 is 5.32 Å². The summed E-state index contributed by atoms with van der Waals surface area (Å²) in [4.78, 5) is 15.5. The maximum Gasteiger partial charge on any atom is 0.255 e. The number of carbonyl (C=O) groups excluding carboxylic acids is 1. The monoisotopic (exact) mass is 302 g/mol. The second-order valence-electron chi connectivity index (χ2n) is 5.29. The largest absolute Gasteiger partial charge is 0.354 e. The third-order valence-electron chi connectivity index (χ3n) is 3.73. The van der Waals surface area contributed by atoms with Gasteiger partial charge in [0.1, 0.15) is 0 Å². The lowest BCUT2D eigenvalue weighted by Crippen LogP contribution is -2.11. The van der Waals surface area contributed by atoms with E-state index >= 15 is 0 Å². The maximum absolute atomic E-state index is 12.2. The zero-order valence-electron chi connectivity index (χ0n) is 12.2. The average molecular weight is 302 g/mol. The molecule has 0 aliphatic heterocycles. The molecule has 0 aliphatic rings. The van der Waals surface area contributed by atoms with Gasteiger partial charge in [0.25, 0.3) is 5.91 Å². The summed E-state index contributed by atoms with van der Waals surface area (Å²) >= 11 is 0. The van der Waals surface area contributed by atoms with E-state index in [0.29, 0.717) is 5.56 Å². The van der Waals surface area contributed by atoms with Gasteiger partial charge < -0.3 is 10.3 Å². The van der Waals surface area contributed by atoms with E-state index in [1.54, 1.807) is 18.3 Å². The zero-order valence-corrected chi connectivity index (χ0v) is 12.2. The van der Waals surface area contributed by atoms with Crippen LogP contribution in [-0.2, 0) is 0 Å². The van der Waals surface area contributed by atoms with Gasteiger partial charge in [-0.3, -0.25) is 9.89 Å². The first-order valence-corrected chi connectivity index (χ1v) is 7.28. The van der Waals surface area contributed by atoms with Gasteiger partial charge in [-0.25, -0.2) is 0 Å². The molecule has 0 bridgehead atoms. The van der Waals surface area contributed by atoms with E-state index in [2.05, 4.69) is 26.6 Å². The van der Waals surface area contributed by atoms with E-state index in [1.165, 1.54) is 0 Å². The number of nitrogens with one attached hydrogen (secondary N) is 3. The SMILES string of the molecule is O=C(Nc1ccc2cc(-c3cn[nH]c3)[nH]c2c1)c1ccccc1. The van der Waals surface area contributed by atoms with Crippen molar-refractivity contribution in [2.24, 2.45) is 0 Å². The van der Waals surface area contributed by atoms with Gasteiger partial charge >= 0.3 is 0 Å². The lowest BCUT2D eigenvalue weighted by atomic mass is 10.2. The number of rotatable bonds is 3. The number of H-pyrrole nitrogens is 2. The van der Waals surface area contributed by atoms with E-state index in [0.717, 1.165) is 27.8 Å². The Labute approximate surface area is 132 Å². The van der Waals surface area contributed by atoms with Gasteiger partial charge in [0.2, 0.25) is 0 Å². The summed E-state index contributed by atoms with van der Waals surface area (Å²) in [6.07, 6.45) is 3.60. The summed E-state index contributed by atoms with van der Waals surface area (Å²) in [5.74, 6) is -0.119. The molecule has 23 heavy (non-hydrogen) atoms. The number of hydrogen-bond donors (Lipinski definition) is 3. The molecular weight excluding hydrogens is 288 g/mol. The first-order chi connectivity index (χ1) is 11.3. The Morgan fingerprint density at radius 1 is 1.04 bits per heavy atom. The fourth-order valence-electron chi connectivity index (χ4n) is 2.55. The fraction of sp³-hybridized carbons (Fsp3) is 0. The Bertz CT molecular complexity index is 955. The number of amides is 1. The number of aromatic amines is 2. The molecule has 0 radical (unpaired) electrons. The van der Waals surface area contributed by atoms with Gasteiger partial charge in [-0.1, -0.05) is 24.3 Å². The van der Waals surface area contributed by atoms with Crippen LogP contribution in [0, 0.1) is 0 Å².